The Hall–Kier alpha value is -3.04. The molecule has 1 atom stereocenters. The van der Waals surface area contributed by atoms with Gasteiger partial charge in [-0.05, 0) is 6.42 Å². The Morgan fingerprint density at radius 1 is 1.12 bits per heavy atom. The fourth-order valence-corrected chi connectivity index (χ4v) is 2.28. The second kappa shape index (κ2) is 7.02. The topological polar surface area (TPSA) is 138 Å². The summed E-state index contributed by atoms with van der Waals surface area (Å²) in [7, 11) is 0. The Morgan fingerprint density at radius 2 is 1.75 bits per heavy atom. The lowest BCUT2D eigenvalue weighted by Gasteiger charge is -2.16. The summed E-state index contributed by atoms with van der Waals surface area (Å²) in [5, 5.41) is 8.79. The van der Waals surface area contributed by atoms with Crippen LogP contribution < -0.4 is 0 Å². The number of amides is 4. The molecule has 2 aliphatic rings. The van der Waals surface area contributed by atoms with Crippen molar-refractivity contribution in [3.8, 4) is 0 Å². The maximum absolute atomic E-state index is 12.1. The molecule has 1 N–H and O–H groups in total. The van der Waals surface area contributed by atoms with Gasteiger partial charge in [-0.15, -0.1) is 5.06 Å². The molecule has 4 amide bonds. The summed E-state index contributed by atoms with van der Waals surface area (Å²) in [5.41, 5.74) is 0. The van der Waals surface area contributed by atoms with E-state index >= 15 is 0 Å². The zero-order valence-electron chi connectivity index (χ0n) is 12.5. The van der Waals surface area contributed by atoms with E-state index in [9.17, 15) is 28.8 Å². The van der Waals surface area contributed by atoms with Crippen LogP contribution in [0.2, 0.25) is 0 Å². The van der Waals surface area contributed by atoms with Crippen LogP contribution in [0, 0.1) is 5.92 Å². The molecule has 128 valence electrons. The summed E-state index contributed by atoms with van der Waals surface area (Å²) in [5.74, 6) is -5.50. The molecule has 0 aromatic heterocycles. The third-order valence-corrected chi connectivity index (χ3v) is 3.53. The van der Waals surface area contributed by atoms with Crippen molar-refractivity contribution in [3.63, 3.8) is 0 Å². The third-order valence-electron chi connectivity index (χ3n) is 3.53. The van der Waals surface area contributed by atoms with E-state index < -0.39 is 54.3 Å². The van der Waals surface area contributed by atoms with Gasteiger partial charge in [-0.25, -0.2) is 4.79 Å². The molecule has 1 unspecified atom stereocenters. The summed E-state index contributed by atoms with van der Waals surface area (Å²) in [6.45, 7) is -0.0326. The van der Waals surface area contributed by atoms with Crippen LogP contribution in [0.1, 0.15) is 25.7 Å². The fraction of sp³-hybridized carbons (Fsp3) is 0.429. The summed E-state index contributed by atoms with van der Waals surface area (Å²) >= 11 is 0. The number of hydrogen-bond acceptors (Lipinski definition) is 7. The van der Waals surface area contributed by atoms with E-state index in [-0.39, 0.29) is 19.4 Å². The van der Waals surface area contributed by atoms with E-state index in [1.54, 1.807) is 0 Å². The number of carbonyl (C=O) groups excluding carboxylic acids is 5. The molecule has 0 spiro atoms. The highest BCUT2D eigenvalue weighted by atomic mass is 16.7. The van der Waals surface area contributed by atoms with Crippen molar-refractivity contribution in [2.24, 2.45) is 5.92 Å². The van der Waals surface area contributed by atoms with Crippen LogP contribution in [0.5, 0.6) is 0 Å². The summed E-state index contributed by atoms with van der Waals surface area (Å²) in [6.07, 6.45) is 1.12. The largest absolute Gasteiger partial charge is 0.481 e. The number of rotatable bonds is 7. The van der Waals surface area contributed by atoms with Crippen LogP contribution in [0.4, 0.5) is 0 Å². The van der Waals surface area contributed by atoms with Gasteiger partial charge in [-0.1, -0.05) is 0 Å². The van der Waals surface area contributed by atoms with Crippen LogP contribution >= 0.6 is 0 Å². The Labute approximate surface area is 135 Å². The molecule has 2 aliphatic heterocycles. The van der Waals surface area contributed by atoms with Gasteiger partial charge in [0, 0.05) is 25.1 Å². The molecular formula is C14H14N2O8. The van der Waals surface area contributed by atoms with Gasteiger partial charge in [0.05, 0.1) is 18.8 Å². The van der Waals surface area contributed by atoms with E-state index in [1.807, 2.05) is 0 Å². The lowest BCUT2D eigenvalue weighted by atomic mass is 10.0. The standard InChI is InChI=1S/C14H14N2O8/c17-9-1-2-10(18)15(9)6-5-8-7-11(19)16(14(8)23)24-13(22)4-3-12(20)21/h1-2,8H,3-7H2,(H,20,21). The average Bonchev–Trinajstić information content (AvgIpc) is 2.97. The molecule has 1 fully saturated rings. The van der Waals surface area contributed by atoms with Gasteiger partial charge >= 0.3 is 11.9 Å². The number of imide groups is 2. The van der Waals surface area contributed by atoms with Crippen molar-refractivity contribution >= 4 is 35.6 Å². The number of carboxylic acids is 1. The number of hydrogen-bond donors (Lipinski definition) is 1. The second-order valence-electron chi connectivity index (χ2n) is 5.23. The van der Waals surface area contributed by atoms with Crippen LogP contribution in [-0.4, -0.2) is 57.2 Å². The van der Waals surface area contributed by atoms with E-state index in [0.29, 0.717) is 5.06 Å². The number of carboxylic acid groups (broad SMARTS) is 1. The summed E-state index contributed by atoms with van der Waals surface area (Å²) in [4.78, 5) is 74.0. The number of aliphatic carboxylic acids is 1. The van der Waals surface area contributed by atoms with Crippen molar-refractivity contribution in [1.29, 1.82) is 0 Å². The Balaban J connectivity index is 1.87. The van der Waals surface area contributed by atoms with E-state index in [1.165, 1.54) is 0 Å². The highest BCUT2D eigenvalue weighted by molar-refractivity contribution is 6.13. The SMILES string of the molecule is O=C(O)CCC(=O)ON1C(=O)CC(CCN2C(=O)C=CC2=O)C1=O. The monoisotopic (exact) mass is 338 g/mol. The van der Waals surface area contributed by atoms with Gasteiger partial charge in [-0.3, -0.25) is 28.9 Å². The minimum Gasteiger partial charge on any atom is -0.481 e. The first-order valence-electron chi connectivity index (χ1n) is 7.12. The molecule has 10 nitrogen and oxygen atoms in total. The molecule has 1 saturated heterocycles. The van der Waals surface area contributed by atoms with Crippen molar-refractivity contribution < 1.29 is 38.7 Å². The molecule has 0 bridgehead atoms. The van der Waals surface area contributed by atoms with Gasteiger partial charge in [0.25, 0.3) is 23.6 Å². The molecular weight excluding hydrogens is 324 g/mol. The smallest absolute Gasteiger partial charge is 0.333 e. The van der Waals surface area contributed by atoms with Gasteiger partial charge in [-0.2, -0.15) is 0 Å². The minimum atomic E-state index is -1.21. The van der Waals surface area contributed by atoms with Crippen LogP contribution in [0.3, 0.4) is 0 Å². The molecule has 0 aromatic rings. The number of nitrogens with zero attached hydrogens (tertiary/aromatic N) is 2. The van der Waals surface area contributed by atoms with Crippen LogP contribution in [-0.2, 0) is 33.6 Å². The second-order valence-corrected chi connectivity index (χ2v) is 5.23. The van der Waals surface area contributed by atoms with E-state index in [0.717, 1.165) is 17.1 Å². The predicted octanol–water partition coefficient (Wildman–Crippen LogP) is -1.00. The first kappa shape index (κ1) is 17.3. The highest BCUT2D eigenvalue weighted by Crippen LogP contribution is 2.24. The third kappa shape index (κ3) is 3.83. The maximum atomic E-state index is 12.1. The molecule has 10 heteroatoms. The van der Waals surface area contributed by atoms with Gasteiger partial charge < -0.3 is 9.94 Å². The minimum absolute atomic E-state index is 0.0326. The molecule has 0 saturated carbocycles. The van der Waals surface area contributed by atoms with Crippen molar-refractivity contribution in [3.05, 3.63) is 12.2 Å². The van der Waals surface area contributed by atoms with Gasteiger partial charge in [0.2, 0.25) is 0 Å². The van der Waals surface area contributed by atoms with E-state index in [2.05, 4.69) is 4.84 Å². The first-order chi connectivity index (χ1) is 11.3. The lowest BCUT2D eigenvalue weighted by Crippen LogP contribution is -2.35. The quantitative estimate of drug-likeness (QED) is 0.583. The number of carbonyl (C=O) groups is 6. The van der Waals surface area contributed by atoms with Gasteiger partial charge in [0.15, 0.2) is 0 Å². The fourth-order valence-electron chi connectivity index (χ4n) is 2.28. The molecule has 0 radical (unpaired) electrons. The summed E-state index contributed by atoms with van der Waals surface area (Å²) < 4.78 is 0. The van der Waals surface area contributed by atoms with Crippen LogP contribution in [0.15, 0.2) is 12.2 Å². The lowest BCUT2D eigenvalue weighted by molar-refractivity contribution is -0.198. The first-order valence-corrected chi connectivity index (χ1v) is 7.12. The molecule has 24 heavy (non-hydrogen) atoms. The Morgan fingerprint density at radius 3 is 2.33 bits per heavy atom. The number of hydroxylamine groups is 2. The van der Waals surface area contributed by atoms with Crippen molar-refractivity contribution in [2.45, 2.75) is 25.7 Å². The van der Waals surface area contributed by atoms with Crippen molar-refractivity contribution in [1.82, 2.24) is 9.96 Å². The molecule has 2 heterocycles. The molecule has 0 aliphatic carbocycles. The average molecular weight is 338 g/mol. The Kier molecular flexibility index (Phi) is 5.07. The van der Waals surface area contributed by atoms with Crippen molar-refractivity contribution in [2.75, 3.05) is 6.54 Å². The maximum Gasteiger partial charge on any atom is 0.333 e. The zero-order chi connectivity index (χ0) is 17.9. The van der Waals surface area contributed by atoms with E-state index in [4.69, 9.17) is 5.11 Å². The molecule has 2 rings (SSSR count). The zero-order valence-corrected chi connectivity index (χ0v) is 12.5. The van der Waals surface area contributed by atoms with Gasteiger partial charge in [0.1, 0.15) is 0 Å². The highest BCUT2D eigenvalue weighted by Gasteiger charge is 2.42. The molecule has 0 aromatic carbocycles. The normalized spacial score (nSPS) is 20.2. The predicted molar refractivity (Wildman–Crippen MR) is 73.4 cm³/mol. The Bertz CT molecular complexity index is 635. The summed E-state index contributed by atoms with van der Waals surface area (Å²) in [6, 6.07) is 0. The van der Waals surface area contributed by atoms with Crippen LogP contribution in [0.25, 0.3) is 0 Å².